The van der Waals surface area contributed by atoms with Crippen LogP contribution in [0.3, 0.4) is 0 Å². The predicted octanol–water partition coefficient (Wildman–Crippen LogP) is 5.09. The van der Waals surface area contributed by atoms with E-state index < -0.39 is 10.0 Å². The third-order valence-electron chi connectivity index (χ3n) is 4.53. The van der Waals surface area contributed by atoms with Crippen molar-refractivity contribution in [1.29, 1.82) is 0 Å². The monoisotopic (exact) mass is 440 g/mol. The Kier molecular flexibility index (Phi) is 7.18. The van der Waals surface area contributed by atoms with E-state index in [9.17, 15) is 13.2 Å². The molecular formula is C23H24N2O3S2. The second-order valence-electron chi connectivity index (χ2n) is 6.74. The molecule has 0 fully saturated rings. The quantitative estimate of drug-likeness (QED) is 0.479. The molecule has 0 aliphatic carbocycles. The summed E-state index contributed by atoms with van der Waals surface area (Å²) in [5.41, 5.74) is 3.52. The molecule has 0 atom stereocenters. The number of rotatable bonds is 8. The molecule has 0 radical (unpaired) electrons. The van der Waals surface area contributed by atoms with Gasteiger partial charge in [0.25, 0.3) is 10.0 Å². The van der Waals surface area contributed by atoms with Gasteiger partial charge in [-0.1, -0.05) is 43.3 Å². The lowest BCUT2D eigenvalue weighted by atomic mass is 10.1. The van der Waals surface area contributed by atoms with E-state index in [0.29, 0.717) is 5.69 Å². The van der Waals surface area contributed by atoms with Gasteiger partial charge in [0.15, 0.2) is 0 Å². The minimum atomic E-state index is -3.62. The molecule has 7 heteroatoms. The Hall–Kier alpha value is -2.77. The van der Waals surface area contributed by atoms with Crippen LogP contribution in [0.4, 0.5) is 11.4 Å². The van der Waals surface area contributed by atoms with Crippen LogP contribution >= 0.6 is 11.8 Å². The summed E-state index contributed by atoms with van der Waals surface area (Å²) < 4.78 is 27.3. The molecule has 0 bridgehead atoms. The lowest BCUT2D eigenvalue weighted by Gasteiger charge is -2.13. The van der Waals surface area contributed by atoms with Crippen LogP contribution in [0.15, 0.2) is 82.6 Å². The van der Waals surface area contributed by atoms with E-state index in [1.807, 2.05) is 25.1 Å². The van der Waals surface area contributed by atoms with Crippen LogP contribution in [0.2, 0.25) is 0 Å². The zero-order valence-electron chi connectivity index (χ0n) is 16.9. The number of carbonyl (C=O) groups is 1. The SMILES string of the molecule is CCc1cccc(C)c1NC(=O)CSc1ccc(NS(=O)(=O)c2ccccc2)cc1. The molecule has 0 spiro atoms. The fourth-order valence-corrected chi connectivity index (χ4v) is 4.74. The predicted molar refractivity (Wildman–Crippen MR) is 124 cm³/mol. The first-order chi connectivity index (χ1) is 14.4. The highest BCUT2D eigenvalue weighted by atomic mass is 32.2. The molecule has 156 valence electrons. The highest BCUT2D eigenvalue weighted by molar-refractivity contribution is 8.00. The van der Waals surface area contributed by atoms with Gasteiger partial charge in [0.1, 0.15) is 0 Å². The van der Waals surface area contributed by atoms with E-state index in [2.05, 4.69) is 17.0 Å². The van der Waals surface area contributed by atoms with Crippen molar-refractivity contribution in [3.05, 3.63) is 83.9 Å². The number of sulfonamides is 1. The highest BCUT2D eigenvalue weighted by Gasteiger charge is 2.13. The molecule has 0 saturated carbocycles. The number of carbonyl (C=O) groups excluding carboxylic acids is 1. The molecular weight excluding hydrogens is 416 g/mol. The molecule has 2 N–H and O–H groups in total. The lowest BCUT2D eigenvalue weighted by molar-refractivity contribution is -0.113. The fourth-order valence-electron chi connectivity index (χ4n) is 2.96. The van der Waals surface area contributed by atoms with E-state index >= 15 is 0 Å². The van der Waals surface area contributed by atoms with Gasteiger partial charge in [-0.15, -0.1) is 11.8 Å². The first kappa shape index (κ1) is 21.9. The topological polar surface area (TPSA) is 75.3 Å². The standard InChI is InChI=1S/C23H24N2O3S2/c1-3-18-9-7-8-17(2)23(18)24-22(26)16-29-20-14-12-19(13-15-20)25-30(27,28)21-10-5-4-6-11-21/h4-15,25H,3,16H2,1-2H3,(H,24,26). The zero-order valence-corrected chi connectivity index (χ0v) is 18.5. The van der Waals surface area contributed by atoms with Crippen LogP contribution in [0.25, 0.3) is 0 Å². The number of hydrogen-bond donors (Lipinski definition) is 2. The van der Waals surface area contributed by atoms with Gasteiger partial charge in [-0.25, -0.2) is 8.42 Å². The molecule has 0 aliphatic heterocycles. The average Bonchev–Trinajstić information content (AvgIpc) is 2.75. The van der Waals surface area contributed by atoms with Crippen LogP contribution in [0.1, 0.15) is 18.1 Å². The largest absolute Gasteiger partial charge is 0.325 e. The Bertz CT molecular complexity index is 1110. The van der Waals surface area contributed by atoms with Crippen molar-refractivity contribution in [2.45, 2.75) is 30.1 Å². The molecule has 0 aliphatic rings. The maximum Gasteiger partial charge on any atom is 0.261 e. The summed E-state index contributed by atoms with van der Waals surface area (Å²) in [7, 11) is -3.62. The Morgan fingerprint density at radius 3 is 2.30 bits per heavy atom. The van der Waals surface area contributed by atoms with E-state index in [1.165, 1.54) is 11.8 Å². The van der Waals surface area contributed by atoms with Gasteiger partial charge in [0, 0.05) is 16.3 Å². The van der Waals surface area contributed by atoms with Crippen LogP contribution in [-0.4, -0.2) is 20.1 Å². The fraction of sp³-hybridized carbons (Fsp3) is 0.174. The summed E-state index contributed by atoms with van der Waals surface area (Å²) in [6, 6.07) is 21.2. The molecule has 3 aromatic carbocycles. The normalized spacial score (nSPS) is 11.1. The van der Waals surface area contributed by atoms with E-state index in [-0.39, 0.29) is 16.6 Å². The number of aryl methyl sites for hydroxylation is 2. The zero-order chi connectivity index (χ0) is 21.6. The van der Waals surface area contributed by atoms with Gasteiger partial charge in [-0.05, 0) is 60.9 Å². The number of nitrogens with one attached hydrogen (secondary N) is 2. The van der Waals surface area contributed by atoms with Crippen molar-refractivity contribution in [3.63, 3.8) is 0 Å². The smallest absolute Gasteiger partial charge is 0.261 e. The second-order valence-corrected chi connectivity index (χ2v) is 9.47. The van der Waals surface area contributed by atoms with Crippen LogP contribution in [-0.2, 0) is 21.2 Å². The Morgan fingerprint density at radius 1 is 0.933 bits per heavy atom. The molecule has 5 nitrogen and oxygen atoms in total. The minimum absolute atomic E-state index is 0.0714. The van der Waals surface area contributed by atoms with Crippen molar-refractivity contribution in [2.24, 2.45) is 0 Å². The lowest BCUT2D eigenvalue weighted by Crippen LogP contribution is -2.16. The summed E-state index contributed by atoms with van der Waals surface area (Å²) in [4.78, 5) is 13.5. The summed E-state index contributed by atoms with van der Waals surface area (Å²) in [6.07, 6.45) is 0.852. The molecule has 1 amide bonds. The Labute approximate surface area is 182 Å². The number of hydrogen-bond acceptors (Lipinski definition) is 4. The van der Waals surface area contributed by atoms with Crippen LogP contribution in [0, 0.1) is 6.92 Å². The van der Waals surface area contributed by atoms with E-state index in [1.54, 1.807) is 54.6 Å². The van der Waals surface area contributed by atoms with Gasteiger partial charge < -0.3 is 5.32 Å². The van der Waals surface area contributed by atoms with Crippen LogP contribution in [0.5, 0.6) is 0 Å². The number of para-hydroxylation sites is 1. The summed E-state index contributed by atoms with van der Waals surface area (Å²) >= 11 is 1.40. The average molecular weight is 441 g/mol. The van der Waals surface area contributed by atoms with E-state index in [0.717, 1.165) is 28.1 Å². The molecule has 30 heavy (non-hydrogen) atoms. The van der Waals surface area contributed by atoms with E-state index in [4.69, 9.17) is 0 Å². The molecule has 0 aromatic heterocycles. The minimum Gasteiger partial charge on any atom is -0.325 e. The number of anilines is 2. The Morgan fingerprint density at radius 2 is 1.63 bits per heavy atom. The molecule has 3 aromatic rings. The van der Waals surface area contributed by atoms with Crippen molar-refractivity contribution < 1.29 is 13.2 Å². The molecule has 0 heterocycles. The summed E-state index contributed by atoms with van der Waals surface area (Å²) in [6.45, 7) is 4.05. The van der Waals surface area contributed by atoms with Gasteiger partial charge in [-0.2, -0.15) is 0 Å². The highest BCUT2D eigenvalue weighted by Crippen LogP contribution is 2.24. The van der Waals surface area contributed by atoms with Crippen molar-refractivity contribution >= 4 is 39.1 Å². The van der Waals surface area contributed by atoms with Crippen LogP contribution < -0.4 is 10.0 Å². The summed E-state index contributed by atoms with van der Waals surface area (Å²) in [5.74, 6) is 0.199. The van der Waals surface area contributed by atoms with Crippen molar-refractivity contribution in [2.75, 3.05) is 15.8 Å². The molecule has 3 rings (SSSR count). The number of amides is 1. The maximum atomic E-state index is 12.4. The third kappa shape index (κ3) is 5.64. The Balaban J connectivity index is 1.58. The van der Waals surface area contributed by atoms with Crippen molar-refractivity contribution in [1.82, 2.24) is 0 Å². The molecule has 0 saturated heterocycles. The maximum absolute atomic E-state index is 12.4. The first-order valence-corrected chi connectivity index (χ1v) is 12.0. The summed E-state index contributed by atoms with van der Waals surface area (Å²) in [5, 5.41) is 3.01. The number of thioether (sulfide) groups is 1. The molecule has 0 unspecified atom stereocenters. The van der Waals surface area contributed by atoms with Gasteiger partial charge in [0.2, 0.25) is 5.91 Å². The van der Waals surface area contributed by atoms with Gasteiger partial charge in [-0.3, -0.25) is 9.52 Å². The number of benzene rings is 3. The third-order valence-corrected chi connectivity index (χ3v) is 6.94. The second kappa shape index (κ2) is 9.82. The first-order valence-electron chi connectivity index (χ1n) is 9.58. The van der Waals surface area contributed by atoms with Crippen molar-refractivity contribution in [3.8, 4) is 0 Å². The van der Waals surface area contributed by atoms with Gasteiger partial charge >= 0.3 is 0 Å². The van der Waals surface area contributed by atoms with Gasteiger partial charge in [0.05, 0.1) is 10.6 Å².